The van der Waals surface area contributed by atoms with Crippen LogP contribution in [0.3, 0.4) is 0 Å². The molecule has 0 aliphatic heterocycles. The zero-order valence-electron chi connectivity index (χ0n) is 9.05. The van der Waals surface area contributed by atoms with E-state index in [1.165, 1.54) is 24.3 Å². The number of nitrogens with one attached hydrogen (secondary N) is 1. The van der Waals surface area contributed by atoms with Crippen molar-refractivity contribution in [2.75, 3.05) is 5.32 Å². The van der Waals surface area contributed by atoms with Crippen LogP contribution in [0.1, 0.15) is 5.56 Å². The molecule has 0 heterocycles. The minimum atomic E-state index is -1.08. The number of nitrogens with zero attached hydrogens (tertiary/aromatic N) is 1. The number of rotatable bonds is 2. The topological polar surface area (TPSA) is 35.8 Å². The van der Waals surface area contributed by atoms with Gasteiger partial charge >= 0.3 is 0 Å². The van der Waals surface area contributed by atoms with Gasteiger partial charge in [-0.3, -0.25) is 0 Å². The van der Waals surface area contributed by atoms with Gasteiger partial charge in [0.1, 0.15) is 5.82 Å². The van der Waals surface area contributed by atoms with E-state index in [2.05, 4.69) is 5.32 Å². The van der Waals surface area contributed by atoms with E-state index in [0.717, 1.165) is 12.1 Å². The van der Waals surface area contributed by atoms with Gasteiger partial charge in [0.2, 0.25) is 0 Å². The molecule has 2 aromatic rings. The molecule has 0 fully saturated rings. The summed E-state index contributed by atoms with van der Waals surface area (Å²) >= 11 is 0. The largest absolute Gasteiger partial charge is 0.351 e. The van der Waals surface area contributed by atoms with Crippen molar-refractivity contribution in [3.8, 4) is 6.07 Å². The van der Waals surface area contributed by atoms with Gasteiger partial charge in [0.15, 0.2) is 11.6 Å². The molecule has 5 heteroatoms. The maximum atomic E-state index is 13.5. The zero-order chi connectivity index (χ0) is 13.1. The third kappa shape index (κ3) is 2.28. The van der Waals surface area contributed by atoms with Gasteiger partial charge in [-0.2, -0.15) is 5.26 Å². The van der Waals surface area contributed by atoms with Crippen LogP contribution in [0.2, 0.25) is 0 Å². The van der Waals surface area contributed by atoms with Crippen molar-refractivity contribution in [2.24, 2.45) is 0 Å². The Hall–Kier alpha value is -2.48. The van der Waals surface area contributed by atoms with Crippen LogP contribution in [-0.4, -0.2) is 0 Å². The molecule has 1 N–H and O–H groups in total. The molecule has 0 atom stereocenters. The van der Waals surface area contributed by atoms with Gasteiger partial charge in [-0.25, -0.2) is 13.2 Å². The summed E-state index contributed by atoms with van der Waals surface area (Å²) in [5, 5.41) is 11.0. The predicted octanol–water partition coefficient (Wildman–Crippen LogP) is 3.72. The fourth-order valence-corrected chi connectivity index (χ4v) is 1.43. The number of hydrogen-bond acceptors (Lipinski definition) is 2. The van der Waals surface area contributed by atoms with Gasteiger partial charge in [-0.05, 0) is 30.3 Å². The average molecular weight is 248 g/mol. The number of benzene rings is 2. The smallest absolute Gasteiger partial charge is 0.182 e. The van der Waals surface area contributed by atoms with Crippen LogP contribution in [0.15, 0.2) is 36.4 Å². The van der Waals surface area contributed by atoms with Crippen LogP contribution >= 0.6 is 0 Å². The lowest BCUT2D eigenvalue weighted by Crippen LogP contribution is -1.98. The Bertz CT molecular complexity index is 633. The SMILES string of the molecule is N#Cc1ccc(Nc2cccc(F)c2F)c(F)c1. The van der Waals surface area contributed by atoms with Gasteiger partial charge in [0.25, 0.3) is 0 Å². The van der Waals surface area contributed by atoms with Crippen LogP contribution in [0, 0.1) is 28.8 Å². The summed E-state index contributed by atoms with van der Waals surface area (Å²) in [6.07, 6.45) is 0. The molecule has 2 nitrogen and oxygen atoms in total. The summed E-state index contributed by atoms with van der Waals surface area (Å²) in [4.78, 5) is 0. The van der Waals surface area contributed by atoms with Crippen molar-refractivity contribution in [1.82, 2.24) is 0 Å². The highest BCUT2D eigenvalue weighted by Crippen LogP contribution is 2.24. The molecule has 0 radical (unpaired) electrons. The molecule has 0 amide bonds. The van der Waals surface area contributed by atoms with Gasteiger partial charge < -0.3 is 5.32 Å². The van der Waals surface area contributed by atoms with Gasteiger partial charge in [0, 0.05) is 0 Å². The second-order valence-corrected chi connectivity index (χ2v) is 3.53. The highest BCUT2D eigenvalue weighted by molar-refractivity contribution is 5.61. The first-order chi connectivity index (χ1) is 8.61. The Labute approximate surface area is 101 Å². The van der Waals surface area contributed by atoms with Crippen molar-refractivity contribution in [2.45, 2.75) is 0 Å². The number of hydrogen-bond donors (Lipinski definition) is 1. The molecule has 18 heavy (non-hydrogen) atoms. The van der Waals surface area contributed by atoms with E-state index in [4.69, 9.17) is 5.26 Å². The highest BCUT2D eigenvalue weighted by Gasteiger charge is 2.10. The summed E-state index contributed by atoms with van der Waals surface area (Å²) in [6.45, 7) is 0. The molecule has 2 rings (SSSR count). The van der Waals surface area contributed by atoms with Crippen LogP contribution in [-0.2, 0) is 0 Å². The van der Waals surface area contributed by atoms with E-state index in [1.807, 2.05) is 0 Å². The molecule has 0 saturated heterocycles. The first-order valence-electron chi connectivity index (χ1n) is 5.02. The zero-order valence-corrected chi connectivity index (χ0v) is 9.05. The van der Waals surface area contributed by atoms with E-state index in [1.54, 1.807) is 6.07 Å². The molecule has 0 spiro atoms. The quantitative estimate of drug-likeness (QED) is 0.879. The third-order valence-electron chi connectivity index (χ3n) is 2.32. The van der Waals surface area contributed by atoms with Crippen LogP contribution in [0.5, 0.6) is 0 Å². The van der Waals surface area contributed by atoms with Crippen molar-refractivity contribution in [3.63, 3.8) is 0 Å². The van der Waals surface area contributed by atoms with Crippen molar-refractivity contribution >= 4 is 11.4 Å². The van der Waals surface area contributed by atoms with E-state index in [9.17, 15) is 13.2 Å². The lowest BCUT2D eigenvalue weighted by atomic mass is 10.2. The minimum Gasteiger partial charge on any atom is -0.351 e. The lowest BCUT2D eigenvalue weighted by Gasteiger charge is -2.08. The first-order valence-corrected chi connectivity index (χ1v) is 5.02. The van der Waals surface area contributed by atoms with E-state index in [-0.39, 0.29) is 16.9 Å². The van der Waals surface area contributed by atoms with Crippen LogP contribution in [0.4, 0.5) is 24.5 Å². The third-order valence-corrected chi connectivity index (χ3v) is 2.32. The summed E-state index contributed by atoms with van der Waals surface area (Å²) in [6, 6.07) is 9.02. The van der Waals surface area contributed by atoms with Crippen molar-refractivity contribution < 1.29 is 13.2 Å². The van der Waals surface area contributed by atoms with Gasteiger partial charge in [0.05, 0.1) is 23.0 Å². The van der Waals surface area contributed by atoms with Gasteiger partial charge in [-0.1, -0.05) is 6.07 Å². The van der Waals surface area contributed by atoms with E-state index >= 15 is 0 Å². The molecule has 0 unspecified atom stereocenters. The lowest BCUT2D eigenvalue weighted by molar-refractivity contribution is 0.511. The Morgan fingerprint density at radius 3 is 2.39 bits per heavy atom. The predicted molar refractivity (Wildman–Crippen MR) is 60.8 cm³/mol. The molecular formula is C13H7F3N2. The Morgan fingerprint density at radius 2 is 1.72 bits per heavy atom. The van der Waals surface area contributed by atoms with Gasteiger partial charge in [-0.15, -0.1) is 0 Å². The fourth-order valence-electron chi connectivity index (χ4n) is 1.43. The van der Waals surface area contributed by atoms with Crippen molar-refractivity contribution in [3.05, 3.63) is 59.4 Å². The molecule has 0 saturated carbocycles. The molecule has 90 valence electrons. The molecule has 2 aromatic carbocycles. The molecule has 0 aliphatic carbocycles. The van der Waals surface area contributed by atoms with E-state index < -0.39 is 17.5 Å². The second kappa shape index (κ2) is 4.80. The minimum absolute atomic E-state index is 0.0292. The normalized spacial score (nSPS) is 9.89. The number of nitriles is 1. The summed E-state index contributed by atoms with van der Waals surface area (Å²) in [7, 11) is 0. The van der Waals surface area contributed by atoms with Crippen LogP contribution < -0.4 is 5.32 Å². The molecule has 0 bridgehead atoms. The summed E-state index contributed by atoms with van der Waals surface area (Å²) in [5.41, 5.74) is -0.0464. The standard InChI is InChI=1S/C13H7F3N2/c14-9-2-1-3-12(13(9)16)18-11-5-4-8(7-17)6-10(11)15/h1-6,18H. The maximum absolute atomic E-state index is 13.5. The molecule has 0 aromatic heterocycles. The molecule has 0 aliphatic rings. The Kier molecular flexibility index (Phi) is 3.20. The Morgan fingerprint density at radius 1 is 0.944 bits per heavy atom. The highest BCUT2D eigenvalue weighted by atomic mass is 19.2. The summed E-state index contributed by atoms with van der Waals surface area (Å²) < 4.78 is 39.8. The van der Waals surface area contributed by atoms with Crippen LogP contribution in [0.25, 0.3) is 0 Å². The van der Waals surface area contributed by atoms with E-state index in [0.29, 0.717) is 0 Å². The second-order valence-electron chi connectivity index (χ2n) is 3.53. The monoisotopic (exact) mass is 248 g/mol. The number of halogens is 3. The molecular weight excluding hydrogens is 241 g/mol. The fraction of sp³-hybridized carbons (Fsp3) is 0. The number of anilines is 2. The Balaban J connectivity index is 2.35. The summed E-state index contributed by atoms with van der Waals surface area (Å²) in [5.74, 6) is -2.81. The maximum Gasteiger partial charge on any atom is 0.182 e. The first kappa shape index (κ1) is 12.0. The average Bonchev–Trinajstić information content (AvgIpc) is 2.37. The van der Waals surface area contributed by atoms with Crippen molar-refractivity contribution in [1.29, 1.82) is 5.26 Å².